The van der Waals surface area contributed by atoms with E-state index in [0.717, 1.165) is 25.2 Å². The highest BCUT2D eigenvalue weighted by molar-refractivity contribution is 7.92. The Kier molecular flexibility index (Phi) is 5.36. The molecule has 0 unspecified atom stereocenters. The maximum atomic E-state index is 13.0. The Bertz CT molecular complexity index is 999. The second-order valence-corrected chi connectivity index (χ2v) is 9.87. The zero-order chi connectivity index (χ0) is 20.6. The number of carbonyl (C=O) groups excluding carboxylic acids is 1. The maximum absolute atomic E-state index is 13.0. The third kappa shape index (κ3) is 4.16. The molecular weight excluding hydrogens is 386 g/mol. The molecule has 0 spiro atoms. The van der Waals surface area contributed by atoms with Crippen molar-refractivity contribution in [2.45, 2.75) is 25.9 Å². The zero-order valence-electron chi connectivity index (χ0n) is 16.9. The number of piperazine rings is 1. The van der Waals surface area contributed by atoms with E-state index in [1.54, 1.807) is 12.1 Å². The summed E-state index contributed by atoms with van der Waals surface area (Å²) in [4.78, 5) is 17.3. The number of benzene rings is 2. The molecule has 2 aliphatic heterocycles. The minimum atomic E-state index is -3.32. The monoisotopic (exact) mass is 413 g/mol. The molecule has 1 saturated heterocycles. The molecule has 2 aromatic carbocycles. The Morgan fingerprint density at radius 2 is 1.72 bits per heavy atom. The van der Waals surface area contributed by atoms with E-state index in [9.17, 15) is 13.2 Å². The summed E-state index contributed by atoms with van der Waals surface area (Å²) < 4.78 is 25.6. The van der Waals surface area contributed by atoms with Crippen LogP contribution in [0.25, 0.3) is 0 Å². The lowest BCUT2D eigenvalue weighted by atomic mass is 10.1. The van der Waals surface area contributed by atoms with E-state index in [4.69, 9.17) is 0 Å². The molecule has 7 heteroatoms. The molecule has 0 aliphatic carbocycles. The van der Waals surface area contributed by atoms with E-state index < -0.39 is 10.0 Å². The van der Waals surface area contributed by atoms with Gasteiger partial charge in [0.1, 0.15) is 0 Å². The second-order valence-electron chi connectivity index (χ2n) is 8.01. The Labute approximate surface area is 172 Å². The van der Waals surface area contributed by atoms with Gasteiger partial charge in [0, 0.05) is 44.3 Å². The predicted molar refractivity (Wildman–Crippen MR) is 115 cm³/mol. The number of sulfonamides is 1. The van der Waals surface area contributed by atoms with Crippen LogP contribution in [0.15, 0.2) is 48.5 Å². The first-order valence-corrected chi connectivity index (χ1v) is 11.9. The van der Waals surface area contributed by atoms with E-state index in [2.05, 4.69) is 29.2 Å². The zero-order valence-corrected chi connectivity index (χ0v) is 17.7. The van der Waals surface area contributed by atoms with E-state index in [1.807, 2.05) is 24.0 Å². The average Bonchev–Trinajstić information content (AvgIpc) is 3.04. The van der Waals surface area contributed by atoms with E-state index >= 15 is 0 Å². The van der Waals surface area contributed by atoms with Gasteiger partial charge in [-0.25, -0.2) is 8.42 Å². The summed E-state index contributed by atoms with van der Waals surface area (Å²) in [7, 11) is -3.32. The van der Waals surface area contributed by atoms with Crippen LogP contribution >= 0.6 is 0 Å². The van der Waals surface area contributed by atoms with E-state index in [-0.39, 0.29) is 11.9 Å². The molecule has 154 valence electrons. The fourth-order valence-electron chi connectivity index (χ4n) is 4.37. The summed E-state index contributed by atoms with van der Waals surface area (Å²) in [6.45, 7) is 5.91. The van der Waals surface area contributed by atoms with Crippen LogP contribution in [0.3, 0.4) is 0 Å². The normalized spacial score (nSPS) is 20.0. The molecule has 1 atom stereocenters. The van der Waals surface area contributed by atoms with Crippen LogP contribution in [-0.2, 0) is 23.0 Å². The van der Waals surface area contributed by atoms with Crippen molar-refractivity contribution in [3.63, 3.8) is 0 Å². The minimum absolute atomic E-state index is 0.0256. The summed E-state index contributed by atoms with van der Waals surface area (Å²) in [6.07, 6.45) is 1.86. The molecular formula is C22H27N3O3S. The van der Waals surface area contributed by atoms with Crippen LogP contribution in [0.4, 0.5) is 5.69 Å². The molecule has 0 aromatic heterocycles. The second kappa shape index (κ2) is 7.80. The summed E-state index contributed by atoms with van der Waals surface area (Å²) >= 11 is 0. The number of anilines is 1. The van der Waals surface area contributed by atoms with Gasteiger partial charge in [0.25, 0.3) is 5.91 Å². The number of nitrogens with zero attached hydrogens (tertiary/aromatic N) is 3. The molecule has 0 N–H and O–H groups in total. The Hall–Kier alpha value is -2.38. The van der Waals surface area contributed by atoms with Gasteiger partial charge in [0.2, 0.25) is 10.0 Å². The Balaban J connectivity index is 1.42. The highest BCUT2D eigenvalue weighted by atomic mass is 32.2. The van der Waals surface area contributed by atoms with Gasteiger partial charge in [-0.3, -0.25) is 14.0 Å². The highest BCUT2D eigenvalue weighted by Crippen LogP contribution is 2.35. The van der Waals surface area contributed by atoms with Gasteiger partial charge in [0.05, 0.1) is 11.9 Å². The standard InChI is InChI=1S/C22H27N3O3S/c1-17-14-20-15-19(8-9-21(20)25(17)29(2,27)28)22(26)24-12-10-23(11-13-24)16-18-6-4-3-5-7-18/h3-9,15,17H,10-14,16H2,1-2H3/t17-/m0/s1. The summed E-state index contributed by atoms with van der Waals surface area (Å²) in [5.74, 6) is 0.0256. The number of carbonyl (C=O) groups is 1. The lowest BCUT2D eigenvalue weighted by Crippen LogP contribution is -2.48. The maximum Gasteiger partial charge on any atom is 0.253 e. The SMILES string of the molecule is C[C@H]1Cc2cc(C(=O)N3CCN(Cc4ccccc4)CC3)ccc2N1S(C)(=O)=O. The Morgan fingerprint density at radius 1 is 1.03 bits per heavy atom. The van der Waals surface area contributed by atoms with Crippen LogP contribution in [-0.4, -0.2) is 62.6 Å². The third-order valence-electron chi connectivity index (χ3n) is 5.75. The molecule has 2 aromatic rings. The molecule has 0 saturated carbocycles. The fraction of sp³-hybridized carbons (Fsp3) is 0.409. The first-order valence-electron chi connectivity index (χ1n) is 10.0. The Morgan fingerprint density at radius 3 is 2.38 bits per heavy atom. The fourth-order valence-corrected chi connectivity index (χ4v) is 5.64. The van der Waals surface area contributed by atoms with Crippen molar-refractivity contribution < 1.29 is 13.2 Å². The van der Waals surface area contributed by atoms with Gasteiger partial charge >= 0.3 is 0 Å². The molecule has 6 nitrogen and oxygen atoms in total. The molecule has 0 bridgehead atoms. The first-order chi connectivity index (χ1) is 13.8. The van der Waals surface area contributed by atoms with Crippen molar-refractivity contribution >= 4 is 21.6 Å². The molecule has 2 aliphatic rings. The molecule has 4 rings (SSSR count). The summed E-state index contributed by atoms with van der Waals surface area (Å²) in [5.41, 5.74) is 3.55. The number of fused-ring (bicyclic) bond motifs is 1. The van der Waals surface area contributed by atoms with Gasteiger partial charge in [-0.1, -0.05) is 30.3 Å². The number of rotatable bonds is 4. The topological polar surface area (TPSA) is 60.9 Å². The smallest absolute Gasteiger partial charge is 0.253 e. The van der Waals surface area contributed by atoms with Crippen LogP contribution < -0.4 is 4.31 Å². The largest absolute Gasteiger partial charge is 0.336 e. The number of hydrogen-bond donors (Lipinski definition) is 0. The third-order valence-corrected chi connectivity index (χ3v) is 7.02. The van der Waals surface area contributed by atoms with Gasteiger partial charge < -0.3 is 4.90 Å². The number of hydrogen-bond acceptors (Lipinski definition) is 4. The van der Waals surface area contributed by atoms with Gasteiger partial charge in [-0.05, 0) is 42.7 Å². The van der Waals surface area contributed by atoms with Crippen molar-refractivity contribution in [3.8, 4) is 0 Å². The van der Waals surface area contributed by atoms with Gasteiger partial charge in [0.15, 0.2) is 0 Å². The summed E-state index contributed by atoms with van der Waals surface area (Å²) in [6, 6.07) is 15.7. The summed E-state index contributed by atoms with van der Waals surface area (Å²) in [5, 5.41) is 0. The van der Waals surface area contributed by atoms with E-state index in [0.29, 0.717) is 30.8 Å². The van der Waals surface area contributed by atoms with Gasteiger partial charge in [-0.2, -0.15) is 0 Å². The van der Waals surface area contributed by atoms with Crippen molar-refractivity contribution in [3.05, 3.63) is 65.2 Å². The average molecular weight is 414 g/mol. The van der Waals surface area contributed by atoms with Crippen LogP contribution in [0.1, 0.15) is 28.4 Å². The molecule has 1 amide bonds. The molecule has 29 heavy (non-hydrogen) atoms. The van der Waals surface area contributed by atoms with Crippen LogP contribution in [0.5, 0.6) is 0 Å². The van der Waals surface area contributed by atoms with Crippen molar-refractivity contribution in [2.24, 2.45) is 0 Å². The first kappa shape index (κ1) is 19.9. The quantitative estimate of drug-likeness (QED) is 0.772. The molecule has 2 heterocycles. The van der Waals surface area contributed by atoms with Crippen LogP contribution in [0, 0.1) is 0 Å². The lowest BCUT2D eigenvalue weighted by Gasteiger charge is -2.35. The minimum Gasteiger partial charge on any atom is -0.336 e. The van der Waals surface area contributed by atoms with Crippen molar-refractivity contribution in [2.75, 3.05) is 36.7 Å². The lowest BCUT2D eigenvalue weighted by molar-refractivity contribution is 0.0628. The van der Waals surface area contributed by atoms with Crippen molar-refractivity contribution in [1.29, 1.82) is 0 Å². The van der Waals surface area contributed by atoms with Crippen molar-refractivity contribution in [1.82, 2.24) is 9.80 Å². The van der Waals surface area contributed by atoms with Crippen LogP contribution in [0.2, 0.25) is 0 Å². The predicted octanol–water partition coefficient (Wildman–Crippen LogP) is 2.36. The molecule has 1 fully saturated rings. The van der Waals surface area contributed by atoms with E-state index in [1.165, 1.54) is 16.1 Å². The molecule has 0 radical (unpaired) electrons. The number of amides is 1. The highest BCUT2D eigenvalue weighted by Gasteiger charge is 2.33. The van der Waals surface area contributed by atoms with Gasteiger partial charge in [-0.15, -0.1) is 0 Å².